The molecule has 0 saturated carbocycles. The van der Waals surface area contributed by atoms with Crippen LogP contribution in [0.5, 0.6) is 0 Å². The number of aromatic nitrogens is 1. The minimum absolute atomic E-state index is 0.269. The van der Waals surface area contributed by atoms with Gasteiger partial charge in [0.15, 0.2) is 5.82 Å². The number of aryl methyl sites for hydroxylation is 1. The first-order valence-electron chi connectivity index (χ1n) is 12.7. The van der Waals surface area contributed by atoms with Crippen LogP contribution >= 0.6 is 22.6 Å². The summed E-state index contributed by atoms with van der Waals surface area (Å²) >= 11 is 2.35. The number of nitrogens with zero attached hydrogens (tertiary/aromatic N) is 2. The molecule has 0 saturated heterocycles. The summed E-state index contributed by atoms with van der Waals surface area (Å²) in [6, 6.07) is 12.5. The molecule has 2 aromatic carbocycles. The maximum absolute atomic E-state index is 15.8. The van der Waals surface area contributed by atoms with Gasteiger partial charge in [-0.2, -0.15) is 5.26 Å². The van der Waals surface area contributed by atoms with Gasteiger partial charge in [0.1, 0.15) is 5.69 Å². The molecular weight excluding hydrogens is 546 g/mol. The first kappa shape index (κ1) is 27.3. The van der Waals surface area contributed by atoms with E-state index in [9.17, 15) is 5.26 Å². The second-order valence-electron chi connectivity index (χ2n) is 9.75. The van der Waals surface area contributed by atoms with Gasteiger partial charge in [-0.3, -0.25) is 4.98 Å². The van der Waals surface area contributed by atoms with E-state index in [1.807, 2.05) is 19.1 Å². The van der Waals surface area contributed by atoms with E-state index >= 15 is 4.39 Å². The van der Waals surface area contributed by atoms with Gasteiger partial charge in [0, 0.05) is 32.7 Å². The highest BCUT2D eigenvalue weighted by atomic mass is 127. The molecule has 1 aromatic heterocycles. The molecule has 0 N–H and O–H groups in total. The topological polar surface area (TPSA) is 36.7 Å². The fourth-order valence-electron chi connectivity index (χ4n) is 5.01. The van der Waals surface area contributed by atoms with Crippen LogP contribution in [-0.2, 0) is 0 Å². The average Bonchev–Trinajstić information content (AvgIpc) is 2.85. The van der Waals surface area contributed by atoms with Crippen molar-refractivity contribution in [2.45, 2.75) is 72.6 Å². The second-order valence-corrected chi connectivity index (χ2v) is 10.8. The molecule has 184 valence electrons. The molecule has 0 fully saturated rings. The molecule has 0 bridgehead atoms. The zero-order valence-electron chi connectivity index (χ0n) is 21.4. The van der Waals surface area contributed by atoms with Crippen molar-refractivity contribution in [3.63, 3.8) is 0 Å². The Morgan fingerprint density at radius 2 is 1.94 bits per heavy atom. The molecule has 35 heavy (non-hydrogen) atoms. The number of benzene rings is 2. The van der Waals surface area contributed by atoms with Crippen molar-refractivity contribution in [3.8, 4) is 17.3 Å². The number of rotatable bonds is 11. The third-order valence-corrected chi connectivity index (χ3v) is 8.59. The molecule has 0 aliphatic carbocycles. The predicted octanol–water partition coefficient (Wildman–Crippen LogP) is 9.80. The van der Waals surface area contributed by atoms with Gasteiger partial charge < -0.3 is 0 Å². The molecule has 0 aliphatic rings. The number of unbranched alkanes of at least 4 members (excludes halogenated alkanes) is 1. The van der Waals surface area contributed by atoms with Crippen LogP contribution in [0.25, 0.3) is 27.6 Å². The molecule has 0 radical (unpaired) electrons. The lowest BCUT2D eigenvalue weighted by Gasteiger charge is -2.23. The summed E-state index contributed by atoms with van der Waals surface area (Å²) in [6.45, 7) is 12.6. The monoisotopic (exact) mass is 582 g/mol. The largest absolute Gasteiger partial charge is 0.252 e. The Bertz CT molecular complexity index is 1240. The molecule has 0 aliphatic heterocycles. The van der Waals surface area contributed by atoms with E-state index in [0.717, 1.165) is 69.6 Å². The molecule has 3 aromatic rings. The SMILES string of the molecule is C=C(CC(CCCC)C[C@@H](CC)CC#N)c1cnc(-c2cccc3ccc(C)c(I)c23)c(F)c1C. The Balaban J connectivity index is 1.94. The maximum atomic E-state index is 15.8. The average molecular weight is 583 g/mol. The van der Waals surface area contributed by atoms with Crippen molar-refractivity contribution >= 4 is 38.9 Å². The van der Waals surface area contributed by atoms with Crippen molar-refractivity contribution in [1.82, 2.24) is 4.98 Å². The minimum atomic E-state index is -0.269. The number of hydrogen-bond acceptors (Lipinski definition) is 2. The van der Waals surface area contributed by atoms with Crippen molar-refractivity contribution in [1.29, 1.82) is 5.26 Å². The summed E-state index contributed by atoms with van der Waals surface area (Å²) < 4.78 is 17.0. The van der Waals surface area contributed by atoms with E-state index < -0.39 is 0 Å². The summed E-state index contributed by atoms with van der Waals surface area (Å²) in [4.78, 5) is 4.65. The quantitative estimate of drug-likeness (QED) is 0.211. The Morgan fingerprint density at radius 1 is 1.17 bits per heavy atom. The lowest BCUT2D eigenvalue weighted by atomic mass is 9.82. The first-order valence-corrected chi connectivity index (χ1v) is 13.8. The molecule has 0 amide bonds. The van der Waals surface area contributed by atoms with Crippen molar-refractivity contribution in [2.24, 2.45) is 11.8 Å². The molecule has 0 spiro atoms. The van der Waals surface area contributed by atoms with Gasteiger partial charge in [0.25, 0.3) is 0 Å². The molecule has 4 heteroatoms. The van der Waals surface area contributed by atoms with Crippen LogP contribution in [0.4, 0.5) is 4.39 Å². The summed E-state index contributed by atoms with van der Waals surface area (Å²) in [5, 5.41) is 11.3. The summed E-state index contributed by atoms with van der Waals surface area (Å²) in [5.74, 6) is 0.588. The number of allylic oxidation sites excluding steroid dienone is 1. The molecule has 1 heterocycles. The van der Waals surface area contributed by atoms with Gasteiger partial charge in [-0.1, -0.05) is 76.4 Å². The molecule has 2 atom stereocenters. The Labute approximate surface area is 223 Å². The highest BCUT2D eigenvalue weighted by Crippen LogP contribution is 2.37. The van der Waals surface area contributed by atoms with E-state index in [-0.39, 0.29) is 5.82 Å². The summed E-state index contributed by atoms with van der Waals surface area (Å²) in [7, 11) is 0. The van der Waals surface area contributed by atoms with Crippen molar-refractivity contribution in [2.75, 3.05) is 0 Å². The standard InChI is InChI=1S/C31H36FIN2/c1-6-8-10-24(18-23(7-2)15-16-34)17-21(4)27-19-35-31(29(32)22(27)5)26-12-9-11-25-14-13-20(3)30(33)28(25)26/h9,11-14,19,23-24H,4,6-8,10,15,17-18H2,1-3,5H3/t23-,24?/m0/s1. The van der Waals surface area contributed by atoms with E-state index in [4.69, 9.17) is 0 Å². The fourth-order valence-corrected chi connectivity index (χ4v) is 5.79. The highest BCUT2D eigenvalue weighted by molar-refractivity contribution is 14.1. The lowest BCUT2D eigenvalue weighted by molar-refractivity contribution is 0.346. The van der Waals surface area contributed by atoms with E-state index in [1.165, 1.54) is 5.56 Å². The van der Waals surface area contributed by atoms with E-state index in [1.54, 1.807) is 6.20 Å². The Kier molecular flexibility index (Phi) is 9.86. The normalized spacial score (nSPS) is 12.9. The van der Waals surface area contributed by atoms with Gasteiger partial charge in [-0.25, -0.2) is 4.39 Å². The molecule has 2 nitrogen and oxygen atoms in total. The number of fused-ring (bicyclic) bond motifs is 1. The number of hydrogen-bond donors (Lipinski definition) is 0. The highest BCUT2D eigenvalue weighted by Gasteiger charge is 2.21. The molecule has 3 rings (SSSR count). The summed E-state index contributed by atoms with van der Waals surface area (Å²) in [5.41, 5.74) is 4.77. The Hall–Kier alpha value is -2.26. The second kappa shape index (κ2) is 12.6. The van der Waals surface area contributed by atoms with Crippen LogP contribution < -0.4 is 0 Å². The fraction of sp³-hybridized carbons (Fsp3) is 0.419. The van der Waals surface area contributed by atoms with Gasteiger partial charge in [-0.15, -0.1) is 0 Å². The van der Waals surface area contributed by atoms with Gasteiger partial charge in [-0.05, 0) is 83.2 Å². The zero-order valence-corrected chi connectivity index (χ0v) is 23.6. The maximum Gasteiger partial charge on any atom is 0.152 e. The number of pyridine rings is 1. The van der Waals surface area contributed by atoms with E-state index in [2.05, 4.69) is 79.2 Å². The summed E-state index contributed by atoms with van der Waals surface area (Å²) in [6.07, 6.45) is 8.66. The van der Waals surface area contributed by atoms with Crippen LogP contribution in [0.2, 0.25) is 0 Å². The minimum Gasteiger partial charge on any atom is -0.252 e. The Morgan fingerprint density at radius 3 is 2.63 bits per heavy atom. The van der Waals surface area contributed by atoms with Crippen LogP contribution in [0.1, 0.15) is 75.5 Å². The van der Waals surface area contributed by atoms with Crippen molar-refractivity contribution in [3.05, 3.63) is 69.2 Å². The van der Waals surface area contributed by atoms with Crippen LogP contribution in [0, 0.1) is 46.4 Å². The van der Waals surface area contributed by atoms with Gasteiger partial charge in [0.05, 0.1) is 6.07 Å². The van der Waals surface area contributed by atoms with Crippen LogP contribution in [0.3, 0.4) is 0 Å². The van der Waals surface area contributed by atoms with E-state index in [0.29, 0.717) is 29.5 Å². The third-order valence-electron chi connectivity index (χ3n) is 7.20. The third kappa shape index (κ3) is 6.30. The predicted molar refractivity (Wildman–Crippen MR) is 155 cm³/mol. The van der Waals surface area contributed by atoms with Crippen LogP contribution in [0.15, 0.2) is 43.1 Å². The smallest absolute Gasteiger partial charge is 0.152 e. The van der Waals surface area contributed by atoms with Gasteiger partial charge >= 0.3 is 0 Å². The zero-order chi connectivity index (χ0) is 25.5. The number of halogens is 2. The number of nitriles is 1. The molecule has 1 unspecified atom stereocenters. The van der Waals surface area contributed by atoms with Crippen molar-refractivity contribution < 1.29 is 4.39 Å². The molecular formula is C31H36FIN2. The first-order chi connectivity index (χ1) is 16.8. The van der Waals surface area contributed by atoms with Gasteiger partial charge in [0.2, 0.25) is 0 Å². The lowest BCUT2D eigenvalue weighted by Crippen LogP contribution is -2.10. The van der Waals surface area contributed by atoms with Crippen LogP contribution in [-0.4, -0.2) is 4.98 Å².